The summed E-state index contributed by atoms with van der Waals surface area (Å²) in [6.07, 6.45) is -1.04. The van der Waals surface area contributed by atoms with E-state index in [4.69, 9.17) is 11.1 Å². The Balaban J connectivity index is 2.05. The van der Waals surface area contributed by atoms with E-state index in [0.29, 0.717) is 13.0 Å². The van der Waals surface area contributed by atoms with Gasteiger partial charge in [-0.25, -0.2) is 8.78 Å². The smallest absolute Gasteiger partial charge is 0.578 e. The normalized spacial score (nSPS) is 20.7. The molecular formula is C19H21F5N6O2S. The molecule has 0 spiro atoms. The number of hydrogen-bond donors (Lipinski definition) is 4. The number of nitrogens with zero attached hydrogens (tertiary/aromatic N) is 2. The van der Waals surface area contributed by atoms with Crippen molar-refractivity contribution in [2.45, 2.75) is 29.3 Å². The van der Waals surface area contributed by atoms with Crippen molar-refractivity contribution in [3.8, 4) is 6.07 Å². The minimum Gasteiger partial charge on any atom is -0.604 e. The molecule has 0 aliphatic carbocycles. The third-order valence-corrected chi connectivity index (χ3v) is 5.90. The molecule has 3 atom stereocenters. The van der Waals surface area contributed by atoms with E-state index in [9.17, 15) is 36.6 Å². The summed E-state index contributed by atoms with van der Waals surface area (Å²) < 4.78 is 74.1. The van der Waals surface area contributed by atoms with Crippen LogP contribution in [-0.2, 0) is 16.0 Å². The monoisotopic (exact) mass is 492 g/mol. The van der Waals surface area contributed by atoms with Gasteiger partial charge in [-0.05, 0) is 30.7 Å². The molecule has 14 heteroatoms. The SMILES string of the molecule is N#C[C@H]1CN(CC(F)F)CC[C@@H]1N/C=C(\C(=N)Nc1ccc([S+]([O-])C(F)(F)F)cc1)C(N)=O. The number of carbonyl (C=O) groups excluding carboxylic acids is 1. The minimum absolute atomic E-state index is 0.111. The highest BCUT2D eigenvalue weighted by atomic mass is 32.2. The lowest BCUT2D eigenvalue weighted by molar-refractivity contribution is -0.114. The fourth-order valence-corrected chi connectivity index (χ4v) is 3.83. The standard InChI is InChI=1S/C19H21F5N6O2S/c20-16(21)10-30-6-5-15(11(7-25)9-30)28-8-14(18(27)31)17(26)29-12-1-3-13(4-2-12)33(32)19(22,23)24/h1-4,8,11,15-16,28H,5-6,9-10H2,(H2,26,29)(H2,27,31)/b14-8+/t11-,15-,33?/m0/s1. The summed E-state index contributed by atoms with van der Waals surface area (Å²) in [6.45, 7) is -0.0297. The fourth-order valence-electron chi connectivity index (χ4n) is 3.17. The van der Waals surface area contributed by atoms with Crippen LogP contribution in [0.3, 0.4) is 0 Å². The van der Waals surface area contributed by atoms with Crippen molar-refractivity contribution in [3.05, 3.63) is 36.0 Å². The zero-order valence-electron chi connectivity index (χ0n) is 17.0. The van der Waals surface area contributed by atoms with Crippen LogP contribution in [0.1, 0.15) is 6.42 Å². The number of hydrogen-bond acceptors (Lipinski definition) is 6. The van der Waals surface area contributed by atoms with Crippen LogP contribution in [0.15, 0.2) is 40.9 Å². The first-order chi connectivity index (χ1) is 15.4. The maximum Gasteiger partial charge on any atom is 0.578 e. The molecular weight excluding hydrogens is 471 g/mol. The number of likely N-dealkylation sites (tertiary alicyclic amines) is 1. The maximum absolute atomic E-state index is 12.6. The molecule has 0 saturated carbocycles. The lowest BCUT2D eigenvalue weighted by Gasteiger charge is -2.35. The second kappa shape index (κ2) is 11.3. The van der Waals surface area contributed by atoms with Gasteiger partial charge in [0.05, 0.1) is 35.3 Å². The summed E-state index contributed by atoms with van der Waals surface area (Å²) in [6, 6.07) is 5.82. The predicted octanol–water partition coefficient (Wildman–Crippen LogP) is 2.14. The van der Waals surface area contributed by atoms with Crippen LogP contribution in [-0.4, -0.2) is 58.8 Å². The molecule has 1 aromatic carbocycles. The van der Waals surface area contributed by atoms with Gasteiger partial charge >= 0.3 is 5.51 Å². The van der Waals surface area contributed by atoms with Crippen molar-refractivity contribution in [1.82, 2.24) is 10.2 Å². The molecule has 8 nitrogen and oxygen atoms in total. The molecule has 180 valence electrons. The number of anilines is 1. The Morgan fingerprint density at radius 3 is 2.55 bits per heavy atom. The van der Waals surface area contributed by atoms with Crippen LogP contribution < -0.4 is 16.4 Å². The molecule has 1 aliphatic heterocycles. The molecule has 1 heterocycles. The average Bonchev–Trinajstić information content (AvgIpc) is 2.73. The molecule has 1 aromatic rings. The van der Waals surface area contributed by atoms with E-state index in [1.165, 1.54) is 4.90 Å². The molecule has 1 saturated heterocycles. The summed E-state index contributed by atoms with van der Waals surface area (Å²) in [5.74, 6) is -2.10. The number of amides is 1. The van der Waals surface area contributed by atoms with Crippen molar-refractivity contribution < 1.29 is 31.3 Å². The largest absolute Gasteiger partial charge is 0.604 e. The molecule has 5 N–H and O–H groups in total. The lowest BCUT2D eigenvalue weighted by Crippen LogP contribution is -2.49. The van der Waals surface area contributed by atoms with E-state index in [1.54, 1.807) is 0 Å². The Morgan fingerprint density at radius 2 is 2.03 bits per heavy atom. The minimum atomic E-state index is -4.91. The van der Waals surface area contributed by atoms with Gasteiger partial charge in [0.25, 0.3) is 12.3 Å². The highest BCUT2D eigenvalue weighted by Crippen LogP contribution is 2.30. The zero-order valence-corrected chi connectivity index (χ0v) is 17.9. The first-order valence-corrected chi connectivity index (χ1v) is 10.7. The summed E-state index contributed by atoms with van der Waals surface area (Å²) >= 11 is -3.20. The highest BCUT2D eigenvalue weighted by Gasteiger charge is 2.46. The highest BCUT2D eigenvalue weighted by molar-refractivity contribution is 7.92. The fraction of sp³-hybridized carbons (Fsp3) is 0.421. The molecule has 33 heavy (non-hydrogen) atoms. The first-order valence-electron chi connectivity index (χ1n) is 9.53. The van der Waals surface area contributed by atoms with Gasteiger partial charge in [-0.15, -0.1) is 13.2 Å². The number of benzene rings is 1. The molecule has 2 rings (SSSR count). The summed E-state index contributed by atoms with van der Waals surface area (Å²) in [4.78, 5) is 12.8. The number of alkyl halides is 5. The molecule has 0 bridgehead atoms. The van der Waals surface area contributed by atoms with Gasteiger partial charge in [0.1, 0.15) is 5.84 Å². The average molecular weight is 492 g/mol. The van der Waals surface area contributed by atoms with Crippen LogP contribution in [0, 0.1) is 22.7 Å². The third kappa shape index (κ3) is 7.58. The Morgan fingerprint density at radius 1 is 1.39 bits per heavy atom. The van der Waals surface area contributed by atoms with Crippen molar-refractivity contribution >= 4 is 28.6 Å². The number of piperidine rings is 1. The molecule has 1 unspecified atom stereocenters. The van der Waals surface area contributed by atoms with E-state index in [-0.39, 0.29) is 17.8 Å². The van der Waals surface area contributed by atoms with Crippen molar-refractivity contribution in [1.29, 1.82) is 10.7 Å². The maximum atomic E-state index is 12.6. The number of nitriles is 1. The van der Waals surface area contributed by atoms with E-state index in [0.717, 1.165) is 30.5 Å². The van der Waals surface area contributed by atoms with Gasteiger partial charge in [-0.2, -0.15) is 5.26 Å². The van der Waals surface area contributed by atoms with Gasteiger partial charge in [0.2, 0.25) is 0 Å². The van der Waals surface area contributed by atoms with Crippen LogP contribution >= 0.6 is 0 Å². The van der Waals surface area contributed by atoms with Gasteiger partial charge in [0.15, 0.2) is 4.90 Å². The Hall–Kier alpha value is -2.89. The van der Waals surface area contributed by atoms with Crippen LogP contribution in [0.5, 0.6) is 0 Å². The molecule has 0 aromatic heterocycles. The topological polar surface area (TPSA) is 141 Å². The van der Waals surface area contributed by atoms with Crippen molar-refractivity contribution in [3.63, 3.8) is 0 Å². The van der Waals surface area contributed by atoms with Gasteiger partial charge < -0.3 is 20.9 Å². The Bertz CT molecular complexity index is 919. The van der Waals surface area contributed by atoms with E-state index < -0.39 is 58.3 Å². The number of rotatable bonds is 8. The number of primary amides is 1. The van der Waals surface area contributed by atoms with Gasteiger partial charge in [-0.3, -0.25) is 15.1 Å². The van der Waals surface area contributed by atoms with Gasteiger partial charge in [-0.1, -0.05) is 0 Å². The zero-order chi connectivity index (χ0) is 24.8. The number of carbonyl (C=O) groups is 1. The number of halogens is 5. The third-order valence-electron chi connectivity index (χ3n) is 4.78. The first kappa shape index (κ1) is 26.4. The number of nitrogens with two attached hydrogens (primary N) is 1. The Kier molecular flexibility index (Phi) is 9.03. The second-order valence-corrected chi connectivity index (χ2v) is 8.58. The predicted molar refractivity (Wildman–Crippen MR) is 111 cm³/mol. The molecule has 1 amide bonds. The molecule has 0 radical (unpaired) electrons. The molecule has 1 aliphatic rings. The van der Waals surface area contributed by atoms with Crippen molar-refractivity contribution in [2.75, 3.05) is 25.0 Å². The van der Waals surface area contributed by atoms with Crippen LogP contribution in [0.2, 0.25) is 0 Å². The molecule has 1 fully saturated rings. The van der Waals surface area contributed by atoms with Crippen LogP contribution in [0.4, 0.5) is 27.6 Å². The Labute approximate surface area is 189 Å². The van der Waals surface area contributed by atoms with E-state index >= 15 is 0 Å². The quantitative estimate of drug-likeness (QED) is 0.144. The summed E-state index contributed by atoms with van der Waals surface area (Å²) in [5.41, 5.74) is 0.245. The van der Waals surface area contributed by atoms with E-state index in [1.807, 2.05) is 6.07 Å². The van der Waals surface area contributed by atoms with Crippen LogP contribution in [0.25, 0.3) is 0 Å². The second-order valence-electron chi connectivity index (χ2n) is 7.11. The number of amidine groups is 1. The number of nitrogens with one attached hydrogen (secondary N) is 3. The van der Waals surface area contributed by atoms with Crippen molar-refractivity contribution in [2.24, 2.45) is 11.7 Å². The summed E-state index contributed by atoms with van der Waals surface area (Å²) in [5, 5.41) is 22.7. The lowest BCUT2D eigenvalue weighted by atomic mass is 9.93. The van der Waals surface area contributed by atoms with E-state index in [2.05, 4.69) is 10.6 Å². The summed E-state index contributed by atoms with van der Waals surface area (Å²) in [7, 11) is 0. The van der Waals surface area contributed by atoms with Gasteiger partial charge in [0, 0.05) is 31.0 Å².